The molecule has 0 aliphatic rings. The van der Waals surface area contributed by atoms with Crippen LogP contribution < -0.4 is 5.32 Å². The first-order chi connectivity index (χ1) is 9.06. The summed E-state index contributed by atoms with van der Waals surface area (Å²) in [5.74, 6) is 0.355. The van der Waals surface area contributed by atoms with Crippen LogP contribution in [0, 0.1) is 0 Å². The van der Waals surface area contributed by atoms with Gasteiger partial charge in [0.2, 0.25) is 5.91 Å². The minimum Gasteiger partial charge on any atom is -0.508 e. The maximum Gasteiger partial charge on any atom is 0.234 e. The lowest BCUT2D eigenvalue weighted by atomic mass is 10.1. The van der Waals surface area contributed by atoms with E-state index in [2.05, 4.69) is 24.1 Å². The molecule has 2 N–H and O–H groups in total. The van der Waals surface area contributed by atoms with Gasteiger partial charge in [-0.2, -0.15) is 0 Å². The van der Waals surface area contributed by atoms with E-state index in [1.54, 1.807) is 12.1 Å². The highest BCUT2D eigenvalue weighted by Gasteiger charge is 2.15. The van der Waals surface area contributed by atoms with Crippen molar-refractivity contribution in [2.45, 2.75) is 33.2 Å². The van der Waals surface area contributed by atoms with Gasteiger partial charge >= 0.3 is 0 Å². The number of hydrogen-bond acceptors (Lipinski definition) is 3. The van der Waals surface area contributed by atoms with Crippen molar-refractivity contribution in [3.05, 3.63) is 29.8 Å². The number of benzene rings is 1. The molecular formula is C15H24N2O2. The van der Waals surface area contributed by atoms with E-state index in [1.807, 2.05) is 19.1 Å². The van der Waals surface area contributed by atoms with E-state index in [4.69, 9.17) is 0 Å². The molecule has 1 aromatic rings. The Bertz CT molecular complexity index is 390. The predicted molar refractivity (Wildman–Crippen MR) is 77.2 cm³/mol. The third-order valence-corrected chi connectivity index (χ3v) is 3.22. The molecule has 0 spiro atoms. The second kappa shape index (κ2) is 7.79. The molecule has 1 atom stereocenters. The first kappa shape index (κ1) is 15.5. The van der Waals surface area contributed by atoms with Crippen molar-refractivity contribution >= 4 is 5.91 Å². The second-order valence-electron chi connectivity index (χ2n) is 4.74. The van der Waals surface area contributed by atoms with E-state index >= 15 is 0 Å². The van der Waals surface area contributed by atoms with Gasteiger partial charge in [0.05, 0.1) is 6.54 Å². The summed E-state index contributed by atoms with van der Waals surface area (Å²) in [6.07, 6.45) is 0.869. The maximum atomic E-state index is 11.6. The van der Waals surface area contributed by atoms with Crippen molar-refractivity contribution in [1.29, 1.82) is 0 Å². The Morgan fingerprint density at radius 1 is 1.32 bits per heavy atom. The number of carbonyl (C=O) groups is 1. The van der Waals surface area contributed by atoms with Crippen molar-refractivity contribution in [3.63, 3.8) is 0 Å². The van der Waals surface area contributed by atoms with Crippen LogP contribution in [0.1, 0.15) is 26.3 Å². The molecule has 19 heavy (non-hydrogen) atoms. The highest BCUT2D eigenvalue weighted by atomic mass is 16.3. The van der Waals surface area contributed by atoms with Crippen molar-refractivity contribution < 1.29 is 9.90 Å². The van der Waals surface area contributed by atoms with Crippen molar-refractivity contribution in [2.24, 2.45) is 0 Å². The topological polar surface area (TPSA) is 52.6 Å². The van der Waals surface area contributed by atoms with E-state index in [0.717, 1.165) is 13.0 Å². The highest BCUT2D eigenvalue weighted by molar-refractivity contribution is 5.77. The molecule has 1 unspecified atom stereocenters. The Labute approximate surface area is 115 Å². The van der Waals surface area contributed by atoms with E-state index in [-0.39, 0.29) is 17.7 Å². The molecular weight excluding hydrogens is 240 g/mol. The first-order valence-corrected chi connectivity index (χ1v) is 6.85. The van der Waals surface area contributed by atoms with E-state index < -0.39 is 0 Å². The van der Waals surface area contributed by atoms with Crippen LogP contribution in [0.4, 0.5) is 0 Å². The smallest absolute Gasteiger partial charge is 0.234 e. The molecule has 1 rings (SSSR count). The van der Waals surface area contributed by atoms with Crippen LogP contribution in [-0.2, 0) is 11.2 Å². The lowest BCUT2D eigenvalue weighted by Crippen LogP contribution is -2.42. The zero-order valence-electron chi connectivity index (χ0n) is 12.0. The summed E-state index contributed by atoms with van der Waals surface area (Å²) in [4.78, 5) is 13.8. The van der Waals surface area contributed by atoms with Crippen LogP contribution in [0.5, 0.6) is 5.75 Å². The molecule has 0 saturated heterocycles. The Hall–Kier alpha value is -1.55. The Morgan fingerprint density at radius 3 is 2.47 bits per heavy atom. The average Bonchev–Trinajstić information content (AvgIpc) is 2.39. The number of nitrogens with zero attached hydrogens (tertiary/aromatic N) is 1. The van der Waals surface area contributed by atoms with Crippen LogP contribution in [0.2, 0.25) is 0 Å². The Balaban J connectivity index is 2.55. The summed E-state index contributed by atoms with van der Waals surface area (Å²) in [5, 5.41) is 12.1. The van der Waals surface area contributed by atoms with Crippen LogP contribution >= 0.6 is 0 Å². The number of rotatable bonds is 7. The second-order valence-corrected chi connectivity index (χ2v) is 4.74. The molecule has 0 saturated carbocycles. The largest absolute Gasteiger partial charge is 0.508 e. The third-order valence-electron chi connectivity index (χ3n) is 3.22. The molecule has 0 heterocycles. The lowest BCUT2D eigenvalue weighted by Gasteiger charge is -2.27. The molecule has 4 heteroatoms. The number of phenolic OH excluding ortho intramolecular Hbond substituents is 1. The lowest BCUT2D eigenvalue weighted by molar-refractivity contribution is -0.122. The summed E-state index contributed by atoms with van der Waals surface area (Å²) in [6.45, 7) is 8.05. The van der Waals surface area contributed by atoms with E-state index in [0.29, 0.717) is 13.1 Å². The number of nitrogens with one attached hydrogen (secondary N) is 1. The van der Waals surface area contributed by atoms with Gasteiger partial charge in [0.15, 0.2) is 0 Å². The molecule has 1 aromatic carbocycles. The van der Waals surface area contributed by atoms with Crippen LogP contribution in [0.3, 0.4) is 0 Å². The van der Waals surface area contributed by atoms with Crippen LogP contribution in [0.25, 0.3) is 0 Å². The van der Waals surface area contributed by atoms with Crippen LogP contribution in [-0.4, -0.2) is 41.6 Å². The third kappa shape index (κ3) is 5.30. The Morgan fingerprint density at radius 2 is 1.95 bits per heavy atom. The molecule has 1 amide bonds. The summed E-state index contributed by atoms with van der Waals surface area (Å²) in [7, 11) is 0. The zero-order valence-corrected chi connectivity index (χ0v) is 12.0. The zero-order chi connectivity index (χ0) is 14.3. The fraction of sp³-hybridized carbons (Fsp3) is 0.533. The highest BCUT2D eigenvalue weighted by Crippen LogP contribution is 2.13. The van der Waals surface area contributed by atoms with E-state index in [9.17, 15) is 9.90 Å². The maximum absolute atomic E-state index is 11.6. The molecule has 0 aliphatic heterocycles. The normalized spacial score (nSPS) is 12.4. The quantitative estimate of drug-likeness (QED) is 0.789. The van der Waals surface area contributed by atoms with Crippen LogP contribution in [0.15, 0.2) is 24.3 Å². The molecule has 0 radical (unpaired) electrons. The first-order valence-electron chi connectivity index (χ1n) is 6.85. The summed E-state index contributed by atoms with van der Waals surface area (Å²) in [6, 6.07) is 7.53. The minimum absolute atomic E-state index is 0.0712. The van der Waals surface area contributed by atoms with E-state index in [1.165, 1.54) is 5.56 Å². The van der Waals surface area contributed by atoms with Gasteiger partial charge in [0.1, 0.15) is 5.75 Å². The fourth-order valence-corrected chi connectivity index (χ4v) is 2.12. The number of hydrogen-bond donors (Lipinski definition) is 2. The van der Waals surface area contributed by atoms with Crippen molar-refractivity contribution in [1.82, 2.24) is 10.2 Å². The Kier molecular flexibility index (Phi) is 6.36. The number of phenols is 1. The van der Waals surface area contributed by atoms with Crippen molar-refractivity contribution in [2.75, 3.05) is 19.6 Å². The summed E-state index contributed by atoms with van der Waals surface area (Å²) >= 11 is 0. The molecule has 0 aliphatic carbocycles. The van der Waals surface area contributed by atoms with Gasteiger partial charge in [-0.1, -0.05) is 19.1 Å². The van der Waals surface area contributed by atoms with Gasteiger partial charge in [-0.25, -0.2) is 0 Å². The molecule has 106 valence electrons. The average molecular weight is 264 g/mol. The van der Waals surface area contributed by atoms with Gasteiger partial charge in [0, 0.05) is 12.6 Å². The fourth-order valence-electron chi connectivity index (χ4n) is 2.12. The number of aromatic hydroxyl groups is 1. The minimum atomic E-state index is 0.0712. The number of carbonyl (C=O) groups excluding carboxylic acids is 1. The molecule has 0 fully saturated rings. The van der Waals surface area contributed by atoms with Crippen molar-refractivity contribution in [3.8, 4) is 5.75 Å². The molecule has 0 bridgehead atoms. The summed E-state index contributed by atoms with van der Waals surface area (Å²) < 4.78 is 0. The monoisotopic (exact) mass is 264 g/mol. The standard InChI is InChI=1S/C15H24N2O2/c1-4-16-15(19)11-17(5-2)12(3)10-13-6-8-14(18)9-7-13/h6-9,12,18H,4-5,10-11H2,1-3H3,(H,16,19). The van der Waals surface area contributed by atoms with Gasteiger partial charge in [-0.3, -0.25) is 9.69 Å². The van der Waals surface area contributed by atoms with Gasteiger partial charge in [-0.05, 0) is 44.5 Å². The van der Waals surface area contributed by atoms with Gasteiger partial charge in [0.25, 0.3) is 0 Å². The summed E-state index contributed by atoms with van der Waals surface area (Å²) in [5.41, 5.74) is 1.17. The number of likely N-dealkylation sites (N-methyl/N-ethyl adjacent to an activating group) is 2. The molecule has 4 nitrogen and oxygen atoms in total. The SMILES string of the molecule is CCNC(=O)CN(CC)C(C)Cc1ccc(O)cc1. The predicted octanol–water partition coefficient (Wildman–Crippen LogP) is 1.78. The van der Waals surface area contributed by atoms with Gasteiger partial charge < -0.3 is 10.4 Å². The van der Waals surface area contributed by atoms with Gasteiger partial charge in [-0.15, -0.1) is 0 Å². The number of amides is 1. The molecule has 0 aromatic heterocycles.